The van der Waals surface area contributed by atoms with E-state index in [1.54, 1.807) is 0 Å². The van der Waals surface area contributed by atoms with Gasteiger partial charge in [-0.15, -0.1) is 0 Å². The van der Waals surface area contributed by atoms with Crippen molar-refractivity contribution >= 4 is 6.09 Å². The molecule has 5 heteroatoms. The lowest BCUT2D eigenvalue weighted by Crippen LogP contribution is -2.39. The summed E-state index contributed by atoms with van der Waals surface area (Å²) in [6.45, 7) is 4.87. The minimum Gasteiger partial charge on any atom is -0.445 e. The maximum Gasteiger partial charge on any atom is 0.410 e. The van der Waals surface area contributed by atoms with E-state index in [-0.39, 0.29) is 12.2 Å². The molecule has 0 saturated carbocycles. The monoisotopic (exact) mass is 318 g/mol. The van der Waals surface area contributed by atoms with Crippen LogP contribution in [0, 0.1) is 5.92 Å². The molecule has 126 valence electrons. The molecule has 0 aliphatic carbocycles. The Morgan fingerprint density at radius 1 is 1.13 bits per heavy atom. The van der Waals surface area contributed by atoms with Crippen LogP contribution in [0.25, 0.3) is 0 Å². The number of hydrogen-bond acceptors (Lipinski definition) is 4. The second kappa shape index (κ2) is 7.79. The number of aliphatic hydroxyl groups excluding tert-OH is 1. The lowest BCUT2D eigenvalue weighted by molar-refractivity contribution is 0.0741. The zero-order valence-corrected chi connectivity index (χ0v) is 13.6. The molecule has 3 rings (SSSR count). The average molecular weight is 318 g/mol. The van der Waals surface area contributed by atoms with Gasteiger partial charge in [0.15, 0.2) is 0 Å². The van der Waals surface area contributed by atoms with Crippen LogP contribution in [0.15, 0.2) is 30.3 Å². The van der Waals surface area contributed by atoms with Crippen LogP contribution in [0.4, 0.5) is 4.79 Å². The molecule has 23 heavy (non-hydrogen) atoms. The first-order valence-electron chi connectivity index (χ1n) is 8.57. The van der Waals surface area contributed by atoms with Crippen LogP contribution in [0.3, 0.4) is 0 Å². The maximum atomic E-state index is 12.2. The quantitative estimate of drug-likeness (QED) is 0.924. The molecule has 2 heterocycles. The molecule has 1 aromatic carbocycles. The molecule has 1 atom stereocenters. The van der Waals surface area contributed by atoms with Crippen LogP contribution >= 0.6 is 0 Å². The number of hydrogen-bond donors (Lipinski definition) is 1. The number of rotatable bonds is 4. The average Bonchev–Trinajstić information content (AvgIpc) is 3.04. The fraction of sp³-hybridized carbons (Fsp3) is 0.611. The number of benzene rings is 1. The van der Waals surface area contributed by atoms with Gasteiger partial charge in [-0.3, -0.25) is 0 Å². The van der Waals surface area contributed by atoms with Gasteiger partial charge < -0.3 is 19.6 Å². The van der Waals surface area contributed by atoms with Crippen LogP contribution in [-0.2, 0) is 11.3 Å². The molecule has 5 nitrogen and oxygen atoms in total. The summed E-state index contributed by atoms with van der Waals surface area (Å²) in [5.41, 5.74) is 1.02. The molecule has 0 spiro atoms. The Morgan fingerprint density at radius 2 is 1.87 bits per heavy atom. The number of nitrogens with zero attached hydrogens (tertiary/aromatic N) is 2. The molecule has 1 amide bonds. The van der Waals surface area contributed by atoms with Crippen LogP contribution in [0.2, 0.25) is 0 Å². The van der Waals surface area contributed by atoms with Gasteiger partial charge in [0, 0.05) is 32.7 Å². The van der Waals surface area contributed by atoms with Crippen molar-refractivity contribution < 1.29 is 14.6 Å². The summed E-state index contributed by atoms with van der Waals surface area (Å²) in [5.74, 6) is 0.523. The summed E-state index contributed by atoms with van der Waals surface area (Å²) in [7, 11) is 0. The molecule has 1 unspecified atom stereocenters. The van der Waals surface area contributed by atoms with Crippen molar-refractivity contribution in [3.63, 3.8) is 0 Å². The highest BCUT2D eigenvalue weighted by Gasteiger charge is 2.29. The normalized spacial score (nSPS) is 23.2. The summed E-state index contributed by atoms with van der Waals surface area (Å²) in [5, 5.41) is 9.56. The minimum atomic E-state index is -0.203. The van der Waals surface area contributed by atoms with Gasteiger partial charge in [0.25, 0.3) is 0 Å². The highest BCUT2D eigenvalue weighted by molar-refractivity contribution is 5.68. The highest BCUT2D eigenvalue weighted by atomic mass is 16.6. The first kappa shape index (κ1) is 16.3. The number of carbonyl (C=O) groups is 1. The molecule has 2 saturated heterocycles. The summed E-state index contributed by atoms with van der Waals surface area (Å²) in [6, 6.07) is 9.78. The van der Waals surface area contributed by atoms with Gasteiger partial charge in [-0.1, -0.05) is 30.3 Å². The largest absolute Gasteiger partial charge is 0.445 e. The van der Waals surface area contributed by atoms with E-state index >= 15 is 0 Å². The number of amides is 1. The van der Waals surface area contributed by atoms with E-state index in [0.717, 1.165) is 57.5 Å². The van der Waals surface area contributed by atoms with Gasteiger partial charge in [0.1, 0.15) is 6.61 Å². The third kappa shape index (κ3) is 4.69. The van der Waals surface area contributed by atoms with E-state index in [1.807, 2.05) is 35.2 Å². The zero-order valence-electron chi connectivity index (χ0n) is 13.6. The fourth-order valence-electron chi connectivity index (χ4n) is 3.43. The molecule has 2 aliphatic rings. The molecule has 2 fully saturated rings. The van der Waals surface area contributed by atoms with Crippen molar-refractivity contribution in [3.05, 3.63) is 35.9 Å². The number of carbonyl (C=O) groups excluding carboxylic acids is 1. The minimum absolute atomic E-state index is 0.126. The van der Waals surface area contributed by atoms with Crippen LogP contribution in [-0.4, -0.2) is 59.8 Å². The molecule has 0 aromatic heterocycles. The van der Waals surface area contributed by atoms with E-state index in [4.69, 9.17) is 4.74 Å². The van der Waals surface area contributed by atoms with Crippen molar-refractivity contribution in [3.8, 4) is 0 Å². The Bertz CT molecular complexity index is 500. The Morgan fingerprint density at radius 3 is 2.61 bits per heavy atom. The standard InChI is InChI=1S/C18H26N2O3/c21-17-7-9-19(10-8-17)12-16-6-11-20(13-16)18(22)23-14-15-4-2-1-3-5-15/h1-5,16-17,21H,6-14H2. The van der Waals surface area contributed by atoms with E-state index in [2.05, 4.69) is 4.90 Å². The molecule has 1 N–H and O–H groups in total. The van der Waals surface area contributed by atoms with Crippen molar-refractivity contribution in [2.45, 2.75) is 32.0 Å². The van der Waals surface area contributed by atoms with Gasteiger partial charge in [0.2, 0.25) is 0 Å². The third-order valence-electron chi connectivity index (χ3n) is 4.82. The molecular weight excluding hydrogens is 292 g/mol. The number of ether oxygens (including phenoxy) is 1. The van der Waals surface area contributed by atoms with Crippen LogP contribution < -0.4 is 0 Å². The highest BCUT2D eigenvalue weighted by Crippen LogP contribution is 2.20. The van der Waals surface area contributed by atoms with Crippen molar-refractivity contribution in [1.29, 1.82) is 0 Å². The first-order chi connectivity index (χ1) is 11.2. The molecule has 0 radical (unpaired) electrons. The Labute approximate surface area is 137 Å². The maximum absolute atomic E-state index is 12.2. The van der Waals surface area contributed by atoms with E-state index in [9.17, 15) is 9.90 Å². The Hall–Kier alpha value is -1.59. The zero-order chi connectivity index (χ0) is 16.1. The van der Waals surface area contributed by atoms with Gasteiger partial charge >= 0.3 is 6.09 Å². The van der Waals surface area contributed by atoms with Gasteiger partial charge in [-0.2, -0.15) is 0 Å². The summed E-state index contributed by atoms with van der Waals surface area (Å²) >= 11 is 0. The Balaban J connectivity index is 1.39. The summed E-state index contributed by atoms with van der Waals surface area (Å²) in [4.78, 5) is 16.4. The van der Waals surface area contributed by atoms with E-state index in [0.29, 0.717) is 12.5 Å². The van der Waals surface area contributed by atoms with Crippen molar-refractivity contribution in [2.24, 2.45) is 5.92 Å². The topological polar surface area (TPSA) is 53.0 Å². The van der Waals surface area contributed by atoms with E-state index in [1.165, 1.54) is 0 Å². The van der Waals surface area contributed by atoms with Crippen LogP contribution in [0.1, 0.15) is 24.8 Å². The van der Waals surface area contributed by atoms with E-state index < -0.39 is 0 Å². The SMILES string of the molecule is O=C(OCc1ccccc1)N1CCC(CN2CCC(O)CC2)C1. The Kier molecular flexibility index (Phi) is 5.51. The van der Waals surface area contributed by atoms with Gasteiger partial charge in [-0.05, 0) is 30.7 Å². The van der Waals surface area contributed by atoms with Gasteiger partial charge in [-0.25, -0.2) is 4.79 Å². The smallest absolute Gasteiger partial charge is 0.410 e. The number of piperidine rings is 1. The predicted molar refractivity (Wildman–Crippen MR) is 88.0 cm³/mol. The lowest BCUT2D eigenvalue weighted by atomic mass is 10.0. The lowest BCUT2D eigenvalue weighted by Gasteiger charge is -2.31. The predicted octanol–water partition coefficient (Wildman–Crippen LogP) is 2.10. The molecular formula is C18H26N2O3. The second-order valence-corrected chi connectivity index (χ2v) is 6.67. The molecule has 2 aliphatic heterocycles. The molecule has 1 aromatic rings. The van der Waals surface area contributed by atoms with Crippen LogP contribution in [0.5, 0.6) is 0 Å². The fourth-order valence-corrected chi connectivity index (χ4v) is 3.43. The van der Waals surface area contributed by atoms with Crippen molar-refractivity contribution in [1.82, 2.24) is 9.80 Å². The second-order valence-electron chi connectivity index (χ2n) is 6.67. The number of likely N-dealkylation sites (tertiary alicyclic amines) is 2. The number of aliphatic hydroxyl groups is 1. The summed E-state index contributed by atoms with van der Waals surface area (Å²) in [6.07, 6.45) is 2.45. The first-order valence-corrected chi connectivity index (χ1v) is 8.57. The third-order valence-corrected chi connectivity index (χ3v) is 4.82. The van der Waals surface area contributed by atoms with Crippen molar-refractivity contribution in [2.75, 3.05) is 32.7 Å². The summed E-state index contributed by atoms with van der Waals surface area (Å²) < 4.78 is 5.40. The van der Waals surface area contributed by atoms with Gasteiger partial charge in [0.05, 0.1) is 6.10 Å². The molecule has 0 bridgehead atoms.